The third-order valence-corrected chi connectivity index (χ3v) is 5.91. The summed E-state index contributed by atoms with van der Waals surface area (Å²) >= 11 is 7.27. The minimum absolute atomic E-state index is 0.0637. The smallest absolute Gasteiger partial charge is 0.351 e. The molecule has 28 heavy (non-hydrogen) atoms. The highest BCUT2D eigenvalue weighted by molar-refractivity contribution is 7.16. The van der Waals surface area contributed by atoms with Gasteiger partial charge >= 0.3 is 6.18 Å². The van der Waals surface area contributed by atoms with Crippen LogP contribution < -0.4 is 5.32 Å². The van der Waals surface area contributed by atoms with Crippen molar-refractivity contribution in [2.75, 3.05) is 13.1 Å². The number of nitrogens with one attached hydrogen (secondary N) is 1. The van der Waals surface area contributed by atoms with E-state index in [-0.39, 0.29) is 23.3 Å². The van der Waals surface area contributed by atoms with Crippen LogP contribution in [0.25, 0.3) is 0 Å². The molecule has 1 aliphatic rings. The predicted octanol–water partition coefficient (Wildman–Crippen LogP) is 4.59. The molecular weight excluding hydrogens is 413 g/mol. The number of rotatable bonds is 4. The standard InChI is InChI=1S/C19H18ClF3N2O2S/c20-16-6-5-15(28-16)11-24-17(26)12-7-9-25(10-8-12)18(27)13-1-3-14(4-2-13)19(21,22)23/h1-6,12H,7-11H2,(H,24,26). The number of likely N-dealkylation sites (tertiary alicyclic amines) is 1. The fraction of sp³-hybridized carbons (Fsp3) is 0.368. The van der Waals surface area contributed by atoms with Gasteiger partial charge in [-0.2, -0.15) is 13.2 Å². The third-order valence-electron chi connectivity index (χ3n) is 4.68. The summed E-state index contributed by atoms with van der Waals surface area (Å²) in [5, 5.41) is 2.88. The van der Waals surface area contributed by atoms with Gasteiger partial charge in [0.05, 0.1) is 16.4 Å². The van der Waals surface area contributed by atoms with E-state index in [4.69, 9.17) is 11.6 Å². The number of carbonyl (C=O) groups is 2. The zero-order valence-electron chi connectivity index (χ0n) is 14.8. The minimum atomic E-state index is -4.43. The van der Waals surface area contributed by atoms with Gasteiger partial charge in [0.1, 0.15) is 0 Å². The van der Waals surface area contributed by atoms with Crippen molar-refractivity contribution in [2.24, 2.45) is 5.92 Å². The Hall–Kier alpha value is -2.06. The van der Waals surface area contributed by atoms with E-state index in [1.165, 1.54) is 23.5 Å². The zero-order chi connectivity index (χ0) is 20.3. The molecule has 1 N–H and O–H groups in total. The van der Waals surface area contributed by atoms with Crippen LogP contribution in [-0.4, -0.2) is 29.8 Å². The number of piperidine rings is 1. The van der Waals surface area contributed by atoms with Gasteiger partial charge in [0.15, 0.2) is 0 Å². The molecule has 0 aliphatic carbocycles. The maximum absolute atomic E-state index is 12.6. The summed E-state index contributed by atoms with van der Waals surface area (Å²) in [4.78, 5) is 27.3. The van der Waals surface area contributed by atoms with E-state index in [0.717, 1.165) is 17.0 Å². The van der Waals surface area contributed by atoms with E-state index in [9.17, 15) is 22.8 Å². The van der Waals surface area contributed by atoms with Crippen molar-refractivity contribution >= 4 is 34.8 Å². The molecule has 2 heterocycles. The summed E-state index contributed by atoms with van der Waals surface area (Å²) in [5.74, 6) is -0.570. The van der Waals surface area contributed by atoms with Crippen LogP contribution in [0.3, 0.4) is 0 Å². The zero-order valence-corrected chi connectivity index (χ0v) is 16.3. The van der Waals surface area contributed by atoms with Crippen LogP contribution in [0.5, 0.6) is 0 Å². The largest absolute Gasteiger partial charge is 0.416 e. The molecule has 0 bridgehead atoms. The lowest BCUT2D eigenvalue weighted by atomic mass is 9.95. The molecule has 9 heteroatoms. The molecule has 3 rings (SSSR count). The fourth-order valence-electron chi connectivity index (χ4n) is 3.09. The Balaban J connectivity index is 1.50. The van der Waals surface area contributed by atoms with Crippen LogP contribution in [-0.2, 0) is 17.5 Å². The normalized spacial score (nSPS) is 15.5. The van der Waals surface area contributed by atoms with Gasteiger partial charge in [0.2, 0.25) is 5.91 Å². The number of benzene rings is 1. The topological polar surface area (TPSA) is 49.4 Å². The first-order valence-electron chi connectivity index (χ1n) is 8.72. The highest BCUT2D eigenvalue weighted by Crippen LogP contribution is 2.29. The van der Waals surface area contributed by atoms with Crippen molar-refractivity contribution in [1.82, 2.24) is 10.2 Å². The van der Waals surface area contributed by atoms with Crippen LogP contribution in [0, 0.1) is 5.92 Å². The molecule has 1 aliphatic heterocycles. The van der Waals surface area contributed by atoms with Gasteiger partial charge in [0.25, 0.3) is 5.91 Å². The molecule has 0 saturated carbocycles. The number of hydrogen-bond acceptors (Lipinski definition) is 3. The van der Waals surface area contributed by atoms with Gasteiger partial charge < -0.3 is 10.2 Å². The highest BCUT2D eigenvalue weighted by atomic mass is 35.5. The highest BCUT2D eigenvalue weighted by Gasteiger charge is 2.31. The Morgan fingerprint density at radius 3 is 2.29 bits per heavy atom. The fourth-order valence-corrected chi connectivity index (χ4v) is 4.12. The summed E-state index contributed by atoms with van der Waals surface area (Å²) in [6.45, 7) is 1.20. The van der Waals surface area contributed by atoms with E-state index in [2.05, 4.69) is 5.32 Å². The van der Waals surface area contributed by atoms with Crippen molar-refractivity contribution in [2.45, 2.75) is 25.6 Å². The van der Waals surface area contributed by atoms with E-state index < -0.39 is 11.7 Å². The number of halogens is 4. The number of nitrogens with zero attached hydrogens (tertiary/aromatic N) is 1. The average molecular weight is 431 g/mol. The first kappa shape index (κ1) is 20.7. The predicted molar refractivity (Wildman–Crippen MR) is 101 cm³/mol. The van der Waals surface area contributed by atoms with Crippen LogP contribution in [0.2, 0.25) is 4.34 Å². The van der Waals surface area contributed by atoms with E-state index in [1.54, 1.807) is 11.0 Å². The molecule has 4 nitrogen and oxygen atoms in total. The van der Waals surface area contributed by atoms with E-state index in [0.29, 0.717) is 36.8 Å². The van der Waals surface area contributed by atoms with Gasteiger partial charge in [-0.15, -0.1) is 11.3 Å². The van der Waals surface area contributed by atoms with E-state index in [1.807, 2.05) is 6.07 Å². The maximum atomic E-state index is 12.6. The van der Waals surface area contributed by atoms with Crippen LogP contribution in [0.1, 0.15) is 33.6 Å². The summed E-state index contributed by atoms with van der Waals surface area (Å²) in [7, 11) is 0. The molecule has 1 fully saturated rings. The lowest BCUT2D eigenvalue weighted by Gasteiger charge is -2.31. The Morgan fingerprint density at radius 2 is 1.75 bits per heavy atom. The second-order valence-electron chi connectivity index (χ2n) is 6.57. The summed E-state index contributed by atoms with van der Waals surface area (Å²) in [6, 6.07) is 7.83. The average Bonchev–Trinajstić information content (AvgIpc) is 3.10. The Bertz CT molecular complexity index is 844. The second-order valence-corrected chi connectivity index (χ2v) is 8.36. The molecule has 1 aromatic heterocycles. The number of carbonyl (C=O) groups excluding carboxylic acids is 2. The molecule has 2 aromatic rings. The van der Waals surface area contributed by atoms with E-state index >= 15 is 0 Å². The molecule has 150 valence electrons. The lowest BCUT2D eigenvalue weighted by molar-refractivity contribution is -0.137. The molecule has 2 amide bonds. The van der Waals surface area contributed by atoms with Gasteiger partial charge in [-0.3, -0.25) is 9.59 Å². The van der Waals surface area contributed by atoms with Crippen LogP contribution >= 0.6 is 22.9 Å². The molecule has 0 radical (unpaired) electrons. The Morgan fingerprint density at radius 1 is 1.11 bits per heavy atom. The Kier molecular flexibility index (Phi) is 6.30. The number of amides is 2. The van der Waals surface area contributed by atoms with Crippen molar-refractivity contribution in [3.05, 3.63) is 56.7 Å². The Labute approximate surface area is 169 Å². The molecule has 0 unspecified atom stereocenters. The van der Waals surface area contributed by atoms with Crippen LogP contribution in [0.15, 0.2) is 36.4 Å². The number of alkyl halides is 3. The molecular formula is C19H18ClF3N2O2S. The monoisotopic (exact) mass is 430 g/mol. The lowest BCUT2D eigenvalue weighted by Crippen LogP contribution is -2.42. The third kappa shape index (κ3) is 5.05. The molecule has 0 atom stereocenters. The summed E-state index contributed by atoms with van der Waals surface area (Å²) < 4.78 is 38.5. The summed E-state index contributed by atoms with van der Waals surface area (Å²) in [6.07, 6.45) is -3.39. The number of thiophene rings is 1. The summed E-state index contributed by atoms with van der Waals surface area (Å²) in [5.41, 5.74) is -0.572. The quantitative estimate of drug-likeness (QED) is 0.771. The first-order valence-corrected chi connectivity index (χ1v) is 9.92. The second kappa shape index (κ2) is 8.53. The molecule has 0 spiro atoms. The van der Waals surface area contributed by atoms with Crippen LogP contribution in [0.4, 0.5) is 13.2 Å². The van der Waals surface area contributed by atoms with Gasteiger partial charge in [-0.05, 0) is 49.2 Å². The number of hydrogen-bond donors (Lipinski definition) is 1. The SMILES string of the molecule is O=C(NCc1ccc(Cl)s1)C1CCN(C(=O)c2ccc(C(F)(F)F)cc2)CC1. The van der Waals surface area contributed by atoms with Crippen molar-refractivity contribution in [3.8, 4) is 0 Å². The van der Waals surface area contributed by atoms with Gasteiger partial charge in [-0.1, -0.05) is 11.6 Å². The first-order chi connectivity index (χ1) is 13.2. The molecule has 1 saturated heterocycles. The van der Waals surface area contributed by atoms with Gasteiger partial charge in [-0.25, -0.2) is 0 Å². The maximum Gasteiger partial charge on any atom is 0.416 e. The van der Waals surface area contributed by atoms with Crippen molar-refractivity contribution in [3.63, 3.8) is 0 Å². The van der Waals surface area contributed by atoms with Gasteiger partial charge in [0, 0.05) is 29.4 Å². The van der Waals surface area contributed by atoms with Crippen molar-refractivity contribution < 1.29 is 22.8 Å². The van der Waals surface area contributed by atoms with Crippen molar-refractivity contribution in [1.29, 1.82) is 0 Å². The minimum Gasteiger partial charge on any atom is -0.351 e. The molecule has 1 aromatic carbocycles.